The predicted molar refractivity (Wildman–Crippen MR) is 62.1 cm³/mol. The van der Waals surface area contributed by atoms with E-state index >= 15 is 0 Å². The first-order valence-electron chi connectivity index (χ1n) is 4.00. The molecule has 7 heteroatoms. The van der Waals surface area contributed by atoms with Crippen LogP contribution in [0.15, 0.2) is 8.68 Å². The Balaban J connectivity index is 2.45. The lowest BCUT2D eigenvalue weighted by Gasteiger charge is -2.18. The van der Waals surface area contributed by atoms with Gasteiger partial charge in [-0.05, 0) is 13.2 Å². The highest BCUT2D eigenvalue weighted by Crippen LogP contribution is 2.29. The quantitative estimate of drug-likeness (QED) is 0.763. The van der Waals surface area contributed by atoms with Crippen LogP contribution in [0.4, 0.5) is 0 Å². The molecule has 0 radical (unpaired) electrons. The van der Waals surface area contributed by atoms with Crippen molar-refractivity contribution in [2.24, 2.45) is 5.73 Å². The van der Waals surface area contributed by atoms with Crippen molar-refractivity contribution in [1.82, 2.24) is 10.2 Å². The van der Waals surface area contributed by atoms with Crippen molar-refractivity contribution in [2.45, 2.75) is 21.2 Å². The first-order chi connectivity index (χ1) is 6.57. The fourth-order valence-corrected chi connectivity index (χ4v) is 3.08. The van der Waals surface area contributed by atoms with Crippen molar-refractivity contribution in [3.8, 4) is 0 Å². The van der Waals surface area contributed by atoms with Crippen molar-refractivity contribution in [3.05, 3.63) is 0 Å². The van der Waals surface area contributed by atoms with Crippen molar-refractivity contribution in [3.63, 3.8) is 0 Å². The lowest BCUT2D eigenvalue weighted by atomic mass is 10.1. The Kier molecular flexibility index (Phi) is 4.65. The Hall–Kier alpha value is 0.180. The monoisotopic (exact) mass is 251 g/mol. The summed E-state index contributed by atoms with van der Waals surface area (Å²) >= 11 is 4.60. The highest BCUT2D eigenvalue weighted by molar-refractivity contribution is 8.03. The van der Waals surface area contributed by atoms with E-state index < -0.39 is 5.60 Å². The fourth-order valence-electron chi connectivity index (χ4n) is 0.614. The van der Waals surface area contributed by atoms with Gasteiger partial charge in [0.05, 0.1) is 5.60 Å². The molecule has 0 aliphatic carbocycles. The Morgan fingerprint density at radius 2 is 2.14 bits per heavy atom. The number of rotatable bonds is 5. The molecule has 1 atom stereocenters. The average Bonchev–Trinajstić information content (AvgIpc) is 2.63. The van der Waals surface area contributed by atoms with Crippen LogP contribution in [0.1, 0.15) is 6.92 Å². The van der Waals surface area contributed by atoms with Crippen LogP contribution in [0.5, 0.6) is 0 Å². The third-order valence-electron chi connectivity index (χ3n) is 1.51. The molecule has 1 aromatic rings. The molecule has 0 saturated heterocycles. The van der Waals surface area contributed by atoms with Gasteiger partial charge in [0.1, 0.15) is 0 Å². The average molecular weight is 251 g/mol. The summed E-state index contributed by atoms with van der Waals surface area (Å²) in [6.07, 6.45) is 1.96. The molecule has 1 heterocycles. The molecule has 14 heavy (non-hydrogen) atoms. The van der Waals surface area contributed by atoms with Crippen LogP contribution < -0.4 is 5.73 Å². The van der Waals surface area contributed by atoms with Gasteiger partial charge >= 0.3 is 0 Å². The largest absolute Gasteiger partial charge is 0.388 e. The Labute approximate surface area is 95.7 Å². The molecule has 1 unspecified atom stereocenters. The first-order valence-corrected chi connectivity index (χ1v) is 7.03. The maximum absolute atomic E-state index is 9.65. The van der Waals surface area contributed by atoms with Crippen LogP contribution in [0.2, 0.25) is 0 Å². The second-order valence-corrected chi connectivity index (χ2v) is 6.28. The highest BCUT2D eigenvalue weighted by Gasteiger charge is 2.19. The van der Waals surface area contributed by atoms with Crippen molar-refractivity contribution >= 4 is 34.9 Å². The van der Waals surface area contributed by atoms with E-state index in [4.69, 9.17) is 5.73 Å². The van der Waals surface area contributed by atoms with Crippen molar-refractivity contribution in [1.29, 1.82) is 0 Å². The summed E-state index contributed by atoms with van der Waals surface area (Å²) in [5.41, 5.74) is 4.58. The molecule has 1 aromatic heterocycles. The molecular formula is C7H13N3OS3. The maximum atomic E-state index is 9.65. The second-order valence-electron chi connectivity index (χ2n) is 3.03. The van der Waals surface area contributed by atoms with Crippen LogP contribution in [0.25, 0.3) is 0 Å². The van der Waals surface area contributed by atoms with E-state index in [1.807, 2.05) is 6.26 Å². The number of hydrogen-bond donors (Lipinski definition) is 2. The van der Waals surface area contributed by atoms with Gasteiger partial charge < -0.3 is 10.8 Å². The molecule has 4 nitrogen and oxygen atoms in total. The van der Waals surface area contributed by atoms with Gasteiger partial charge in [0.2, 0.25) is 0 Å². The Morgan fingerprint density at radius 1 is 1.50 bits per heavy atom. The lowest BCUT2D eigenvalue weighted by molar-refractivity contribution is 0.0949. The molecule has 80 valence electrons. The minimum absolute atomic E-state index is 0.258. The molecule has 0 aliphatic heterocycles. The third-order valence-corrected chi connectivity index (χ3v) is 4.90. The summed E-state index contributed by atoms with van der Waals surface area (Å²) in [6.45, 7) is 1.98. The van der Waals surface area contributed by atoms with E-state index in [0.717, 1.165) is 8.68 Å². The summed E-state index contributed by atoms with van der Waals surface area (Å²) < 4.78 is 1.82. The highest BCUT2D eigenvalue weighted by atomic mass is 32.2. The first kappa shape index (κ1) is 12.3. The van der Waals surface area contributed by atoms with Crippen LogP contribution in [-0.4, -0.2) is 39.5 Å². The van der Waals surface area contributed by atoms with E-state index in [1.54, 1.807) is 18.7 Å². The molecule has 0 fully saturated rings. The molecule has 0 amide bonds. The number of nitrogens with two attached hydrogens (primary N) is 1. The molecule has 0 saturated carbocycles. The molecule has 1 rings (SSSR count). The minimum Gasteiger partial charge on any atom is -0.388 e. The van der Waals surface area contributed by atoms with E-state index in [-0.39, 0.29) is 6.54 Å². The van der Waals surface area contributed by atoms with Crippen LogP contribution in [0, 0.1) is 0 Å². The predicted octanol–water partition coefficient (Wildman–Crippen LogP) is 1.06. The summed E-state index contributed by atoms with van der Waals surface area (Å²) in [4.78, 5) is 0. The number of aliphatic hydroxyl groups is 1. The molecule has 0 aliphatic rings. The minimum atomic E-state index is -0.824. The second kappa shape index (κ2) is 5.32. The van der Waals surface area contributed by atoms with E-state index in [1.165, 1.54) is 23.1 Å². The van der Waals surface area contributed by atoms with Gasteiger partial charge in [-0.25, -0.2) is 0 Å². The summed E-state index contributed by atoms with van der Waals surface area (Å²) in [5.74, 6) is 0.548. The summed E-state index contributed by atoms with van der Waals surface area (Å²) in [6, 6.07) is 0. The molecule has 3 N–H and O–H groups in total. The van der Waals surface area contributed by atoms with Gasteiger partial charge in [-0.2, -0.15) is 0 Å². The standard InChI is InChI=1S/C7H13N3OS3/c1-7(11,3-8)4-13-6-10-9-5(12-2)14-6/h11H,3-4,8H2,1-2H3. The van der Waals surface area contributed by atoms with E-state index in [0.29, 0.717) is 5.75 Å². The number of hydrogen-bond acceptors (Lipinski definition) is 7. The molecule has 0 aromatic carbocycles. The van der Waals surface area contributed by atoms with Crippen molar-refractivity contribution < 1.29 is 5.11 Å². The smallest absolute Gasteiger partial charge is 0.175 e. The zero-order chi connectivity index (χ0) is 10.6. The summed E-state index contributed by atoms with van der Waals surface area (Å²) in [7, 11) is 0. The summed E-state index contributed by atoms with van der Waals surface area (Å²) in [5, 5.41) is 17.6. The Morgan fingerprint density at radius 3 is 2.64 bits per heavy atom. The fraction of sp³-hybridized carbons (Fsp3) is 0.714. The van der Waals surface area contributed by atoms with E-state index in [9.17, 15) is 5.11 Å². The number of aromatic nitrogens is 2. The Bertz CT molecular complexity index is 289. The normalized spacial score (nSPS) is 15.4. The molecular weight excluding hydrogens is 238 g/mol. The van der Waals surface area contributed by atoms with Gasteiger partial charge in [-0.3, -0.25) is 0 Å². The van der Waals surface area contributed by atoms with Gasteiger partial charge in [0, 0.05) is 12.3 Å². The SMILES string of the molecule is CSc1nnc(SCC(C)(O)CN)s1. The van der Waals surface area contributed by atoms with Crippen LogP contribution in [-0.2, 0) is 0 Å². The van der Waals surface area contributed by atoms with Crippen LogP contribution >= 0.6 is 34.9 Å². The third kappa shape index (κ3) is 3.74. The topological polar surface area (TPSA) is 72.0 Å². The van der Waals surface area contributed by atoms with Gasteiger partial charge in [-0.1, -0.05) is 34.9 Å². The molecule has 0 spiro atoms. The van der Waals surface area contributed by atoms with E-state index in [2.05, 4.69) is 10.2 Å². The number of thioether (sulfide) groups is 2. The number of nitrogens with zero attached hydrogens (tertiary/aromatic N) is 2. The van der Waals surface area contributed by atoms with Gasteiger partial charge in [0.15, 0.2) is 8.68 Å². The zero-order valence-electron chi connectivity index (χ0n) is 8.06. The maximum Gasteiger partial charge on any atom is 0.175 e. The zero-order valence-corrected chi connectivity index (χ0v) is 10.5. The van der Waals surface area contributed by atoms with Crippen LogP contribution in [0.3, 0.4) is 0 Å². The lowest BCUT2D eigenvalue weighted by Crippen LogP contribution is -2.36. The van der Waals surface area contributed by atoms with Gasteiger partial charge in [-0.15, -0.1) is 10.2 Å². The van der Waals surface area contributed by atoms with Crippen molar-refractivity contribution in [2.75, 3.05) is 18.6 Å². The molecule has 0 bridgehead atoms. The van der Waals surface area contributed by atoms with Gasteiger partial charge in [0.25, 0.3) is 0 Å².